The Morgan fingerprint density at radius 1 is 1.00 bits per heavy atom. The standard InChI is InChI=1S/C21H25N3O/c1-4-24(5-2)21(25)22-17(3)16-20(18-12-8-6-9-13-18)23-19-14-10-7-11-15-19/h6-16H,4-5H2,1-3H3,(H,22,25). The summed E-state index contributed by atoms with van der Waals surface area (Å²) in [6, 6.07) is 19.7. The zero-order valence-electron chi connectivity index (χ0n) is 15.1. The average molecular weight is 335 g/mol. The second kappa shape index (κ2) is 9.42. The second-order valence-corrected chi connectivity index (χ2v) is 5.63. The van der Waals surface area contributed by atoms with E-state index in [0.717, 1.165) is 22.7 Å². The number of benzene rings is 2. The molecular formula is C21H25N3O. The number of allylic oxidation sites excluding steroid dienone is 2. The topological polar surface area (TPSA) is 44.7 Å². The number of amides is 2. The zero-order valence-corrected chi connectivity index (χ0v) is 15.1. The molecule has 0 aliphatic heterocycles. The SMILES string of the molecule is CCN(CC)C(=O)NC(C)=CC(=Nc1ccccc1)c1ccccc1. The molecule has 0 aliphatic carbocycles. The van der Waals surface area contributed by atoms with E-state index < -0.39 is 0 Å². The van der Waals surface area contributed by atoms with Crippen molar-refractivity contribution in [2.24, 2.45) is 4.99 Å². The van der Waals surface area contributed by atoms with Gasteiger partial charge >= 0.3 is 6.03 Å². The van der Waals surface area contributed by atoms with E-state index in [0.29, 0.717) is 13.1 Å². The van der Waals surface area contributed by atoms with Crippen LogP contribution in [0.5, 0.6) is 0 Å². The van der Waals surface area contributed by atoms with Crippen molar-refractivity contribution in [2.45, 2.75) is 20.8 Å². The van der Waals surface area contributed by atoms with Crippen molar-refractivity contribution in [2.75, 3.05) is 13.1 Å². The van der Waals surface area contributed by atoms with Crippen LogP contribution in [0.4, 0.5) is 10.5 Å². The third-order valence-corrected chi connectivity index (χ3v) is 3.78. The molecule has 2 aromatic rings. The number of hydrogen-bond donors (Lipinski definition) is 1. The summed E-state index contributed by atoms with van der Waals surface area (Å²) < 4.78 is 0. The van der Waals surface area contributed by atoms with E-state index in [1.54, 1.807) is 4.90 Å². The molecular weight excluding hydrogens is 310 g/mol. The predicted molar refractivity (Wildman–Crippen MR) is 104 cm³/mol. The van der Waals surface area contributed by atoms with Crippen molar-refractivity contribution >= 4 is 17.4 Å². The number of carbonyl (C=O) groups excluding carboxylic acids is 1. The van der Waals surface area contributed by atoms with Crippen LogP contribution < -0.4 is 5.32 Å². The molecule has 0 saturated carbocycles. The molecule has 2 rings (SSSR count). The highest BCUT2D eigenvalue weighted by Gasteiger charge is 2.09. The van der Waals surface area contributed by atoms with E-state index in [1.807, 2.05) is 87.5 Å². The van der Waals surface area contributed by atoms with Crippen LogP contribution in [0, 0.1) is 0 Å². The molecule has 0 unspecified atom stereocenters. The van der Waals surface area contributed by atoms with E-state index in [-0.39, 0.29) is 6.03 Å². The molecule has 0 spiro atoms. The fourth-order valence-electron chi connectivity index (χ4n) is 2.43. The smallest absolute Gasteiger partial charge is 0.321 e. The Hall–Kier alpha value is -2.88. The third kappa shape index (κ3) is 5.60. The van der Waals surface area contributed by atoms with Gasteiger partial charge in [-0.2, -0.15) is 0 Å². The Morgan fingerprint density at radius 3 is 2.12 bits per heavy atom. The normalized spacial score (nSPS) is 12.0. The number of hydrogen-bond acceptors (Lipinski definition) is 2. The lowest BCUT2D eigenvalue weighted by Gasteiger charge is -2.19. The molecule has 0 heterocycles. The molecule has 0 aromatic heterocycles. The summed E-state index contributed by atoms with van der Waals surface area (Å²) in [5.41, 5.74) is 3.45. The first-order chi connectivity index (χ1) is 12.1. The number of rotatable bonds is 6. The Labute approximate surface area is 149 Å². The fourth-order valence-corrected chi connectivity index (χ4v) is 2.43. The largest absolute Gasteiger partial charge is 0.325 e. The van der Waals surface area contributed by atoms with Crippen molar-refractivity contribution in [3.8, 4) is 0 Å². The number of nitrogens with one attached hydrogen (secondary N) is 1. The van der Waals surface area contributed by atoms with Gasteiger partial charge in [0.2, 0.25) is 0 Å². The number of aliphatic imine (C=N–C) groups is 1. The monoisotopic (exact) mass is 335 g/mol. The lowest BCUT2D eigenvalue weighted by Crippen LogP contribution is -2.38. The maximum absolute atomic E-state index is 12.2. The highest BCUT2D eigenvalue weighted by Crippen LogP contribution is 2.14. The molecule has 0 aliphatic rings. The van der Waals surface area contributed by atoms with Crippen LogP contribution >= 0.6 is 0 Å². The maximum Gasteiger partial charge on any atom is 0.321 e. The molecule has 2 amide bonds. The van der Waals surface area contributed by atoms with Gasteiger partial charge in [0.05, 0.1) is 11.4 Å². The molecule has 0 radical (unpaired) electrons. The summed E-state index contributed by atoms with van der Waals surface area (Å²) in [7, 11) is 0. The zero-order chi connectivity index (χ0) is 18.1. The van der Waals surface area contributed by atoms with Gasteiger partial charge in [-0.15, -0.1) is 0 Å². The van der Waals surface area contributed by atoms with E-state index in [1.165, 1.54) is 0 Å². The van der Waals surface area contributed by atoms with Crippen molar-refractivity contribution in [3.05, 3.63) is 78.0 Å². The molecule has 0 bridgehead atoms. The maximum atomic E-state index is 12.2. The van der Waals surface area contributed by atoms with Gasteiger partial charge in [-0.1, -0.05) is 48.5 Å². The Bertz CT molecular complexity index is 732. The Kier molecular flexibility index (Phi) is 6.96. The van der Waals surface area contributed by atoms with E-state index in [4.69, 9.17) is 4.99 Å². The first-order valence-electron chi connectivity index (χ1n) is 8.57. The Balaban J connectivity index is 2.30. The summed E-state index contributed by atoms with van der Waals surface area (Å²) in [5.74, 6) is 0. The lowest BCUT2D eigenvalue weighted by atomic mass is 10.1. The van der Waals surface area contributed by atoms with Gasteiger partial charge in [-0.25, -0.2) is 9.79 Å². The van der Waals surface area contributed by atoms with Gasteiger partial charge in [0.1, 0.15) is 0 Å². The van der Waals surface area contributed by atoms with Gasteiger partial charge in [0.25, 0.3) is 0 Å². The highest BCUT2D eigenvalue weighted by atomic mass is 16.2. The third-order valence-electron chi connectivity index (χ3n) is 3.78. The summed E-state index contributed by atoms with van der Waals surface area (Å²) in [6.45, 7) is 7.17. The van der Waals surface area contributed by atoms with Crippen molar-refractivity contribution in [1.82, 2.24) is 10.2 Å². The van der Waals surface area contributed by atoms with Gasteiger partial charge in [0, 0.05) is 24.4 Å². The molecule has 4 heteroatoms. The Morgan fingerprint density at radius 2 is 1.56 bits per heavy atom. The van der Waals surface area contributed by atoms with Gasteiger partial charge < -0.3 is 10.2 Å². The minimum absolute atomic E-state index is 0.0918. The van der Waals surface area contributed by atoms with Crippen molar-refractivity contribution in [1.29, 1.82) is 0 Å². The molecule has 0 atom stereocenters. The van der Waals surface area contributed by atoms with Crippen LogP contribution in [0.2, 0.25) is 0 Å². The molecule has 0 fully saturated rings. The quantitative estimate of drug-likeness (QED) is 0.760. The number of para-hydroxylation sites is 1. The van der Waals surface area contributed by atoms with Crippen LogP contribution in [-0.4, -0.2) is 29.7 Å². The molecule has 2 aromatic carbocycles. The summed E-state index contributed by atoms with van der Waals surface area (Å²) in [4.78, 5) is 18.7. The van der Waals surface area contributed by atoms with Crippen LogP contribution in [-0.2, 0) is 0 Å². The van der Waals surface area contributed by atoms with Gasteiger partial charge in [-0.05, 0) is 39.0 Å². The average Bonchev–Trinajstić information content (AvgIpc) is 2.63. The predicted octanol–water partition coefficient (Wildman–Crippen LogP) is 4.76. The first kappa shape index (κ1) is 18.5. The fraction of sp³-hybridized carbons (Fsp3) is 0.238. The van der Waals surface area contributed by atoms with E-state index >= 15 is 0 Å². The minimum atomic E-state index is -0.0918. The second-order valence-electron chi connectivity index (χ2n) is 5.63. The van der Waals surface area contributed by atoms with Crippen molar-refractivity contribution in [3.63, 3.8) is 0 Å². The number of carbonyl (C=O) groups is 1. The highest BCUT2D eigenvalue weighted by molar-refractivity contribution is 6.10. The first-order valence-corrected chi connectivity index (χ1v) is 8.57. The summed E-state index contributed by atoms with van der Waals surface area (Å²) >= 11 is 0. The molecule has 25 heavy (non-hydrogen) atoms. The van der Waals surface area contributed by atoms with Crippen LogP contribution in [0.1, 0.15) is 26.3 Å². The molecule has 4 nitrogen and oxygen atoms in total. The molecule has 0 saturated heterocycles. The molecule has 1 N–H and O–H groups in total. The molecule has 130 valence electrons. The van der Waals surface area contributed by atoms with Crippen LogP contribution in [0.25, 0.3) is 0 Å². The minimum Gasteiger partial charge on any atom is -0.325 e. The van der Waals surface area contributed by atoms with E-state index in [9.17, 15) is 4.79 Å². The lowest BCUT2D eigenvalue weighted by molar-refractivity contribution is 0.206. The summed E-state index contributed by atoms with van der Waals surface area (Å²) in [6.07, 6.45) is 1.91. The van der Waals surface area contributed by atoms with Crippen molar-refractivity contribution < 1.29 is 4.79 Å². The van der Waals surface area contributed by atoms with Crippen LogP contribution in [0.3, 0.4) is 0 Å². The van der Waals surface area contributed by atoms with E-state index in [2.05, 4.69) is 5.32 Å². The van der Waals surface area contributed by atoms with Gasteiger partial charge in [0.15, 0.2) is 0 Å². The number of urea groups is 1. The number of nitrogens with zero attached hydrogens (tertiary/aromatic N) is 2. The van der Waals surface area contributed by atoms with Gasteiger partial charge in [-0.3, -0.25) is 0 Å². The summed E-state index contributed by atoms with van der Waals surface area (Å²) in [5, 5.41) is 2.94. The van der Waals surface area contributed by atoms with Crippen LogP contribution in [0.15, 0.2) is 77.4 Å².